The number of guanidine groups is 1. The van der Waals surface area contributed by atoms with E-state index in [4.69, 9.17) is 19.9 Å². The average molecular weight is 603 g/mol. The number of amides is 1. The highest BCUT2D eigenvalue weighted by Crippen LogP contribution is 2.42. The molecule has 0 radical (unpaired) electrons. The fraction of sp³-hybridized carbons (Fsp3) is 0.500. The van der Waals surface area contributed by atoms with Crippen LogP contribution in [0.5, 0.6) is 5.75 Å². The Morgan fingerprint density at radius 2 is 1.79 bits per heavy atom. The Bertz CT molecular complexity index is 1420. The van der Waals surface area contributed by atoms with Gasteiger partial charge in [-0.05, 0) is 94.5 Å². The van der Waals surface area contributed by atoms with Crippen LogP contribution < -0.4 is 20.5 Å². The molecule has 3 rings (SSSR count). The first-order valence-corrected chi connectivity index (χ1v) is 15.4. The van der Waals surface area contributed by atoms with Crippen molar-refractivity contribution in [3.05, 3.63) is 58.1 Å². The lowest BCUT2D eigenvalue weighted by Gasteiger charge is -2.35. The number of nitrogens with two attached hydrogens (primary N) is 1. The second-order valence-electron chi connectivity index (χ2n) is 11.0. The van der Waals surface area contributed by atoms with Crippen molar-refractivity contribution in [1.82, 2.24) is 10.0 Å². The van der Waals surface area contributed by atoms with E-state index >= 15 is 0 Å². The van der Waals surface area contributed by atoms with Crippen LogP contribution in [-0.4, -0.2) is 51.7 Å². The number of aliphatic imine (C=N–C) groups is 1. The van der Waals surface area contributed by atoms with Gasteiger partial charge < -0.3 is 25.3 Å². The Balaban J connectivity index is 1.56. The van der Waals surface area contributed by atoms with Gasteiger partial charge in [0.2, 0.25) is 5.96 Å². The highest BCUT2D eigenvalue weighted by atomic mass is 32.2. The number of hydrogen-bond acceptors (Lipinski definition) is 8. The highest BCUT2D eigenvalue weighted by Gasteiger charge is 2.33. The van der Waals surface area contributed by atoms with Crippen molar-refractivity contribution in [2.75, 3.05) is 13.7 Å². The minimum Gasteiger partial charge on any atom is -0.487 e. The molecule has 0 aliphatic carbocycles. The Morgan fingerprint density at radius 3 is 2.45 bits per heavy atom. The zero-order chi connectivity index (χ0) is 31.1. The number of carbonyl (C=O) groups excluding carboxylic acids is 2. The molecule has 2 aromatic rings. The average Bonchev–Trinajstić information content (AvgIpc) is 2.93. The van der Waals surface area contributed by atoms with Crippen LogP contribution in [-0.2, 0) is 37.3 Å². The molecule has 11 nitrogen and oxygen atoms in total. The number of hydrogen-bond donors (Lipinski definition) is 3. The quantitative estimate of drug-likeness (QED) is 0.151. The van der Waals surface area contributed by atoms with Crippen LogP contribution in [0.25, 0.3) is 0 Å². The molecule has 1 atom stereocenters. The normalized spacial score (nSPS) is 15.1. The summed E-state index contributed by atoms with van der Waals surface area (Å²) in [5, 5.41) is 2.53. The van der Waals surface area contributed by atoms with E-state index in [0.717, 1.165) is 28.9 Å². The lowest BCUT2D eigenvalue weighted by molar-refractivity contribution is -0.143. The number of nitrogens with zero attached hydrogens (tertiary/aromatic N) is 1. The van der Waals surface area contributed by atoms with Gasteiger partial charge in [-0.2, -0.15) is 0 Å². The van der Waals surface area contributed by atoms with Crippen LogP contribution in [0.4, 0.5) is 4.79 Å². The third-order valence-corrected chi connectivity index (χ3v) is 8.98. The zero-order valence-electron chi connectivity index (χ0n) is 25.2. The molecule has 0 spiro atoms. The largest absolute Gasteiger partial charge is 0.487 e. The monoisotopic (exact) mass is 602 g/mol. The van der Waals surface area contributed by atoms with Crippen LogP contribution in [0.1, 0.15) is 67.3 Å². The van der Waals surface area contributed by atoms with Crippen LogP contribution in [0.2, 0.25) is 0 Å². The van der Waals surface area contributed by atoms with E-state index in [0.29, 0.717) is 30.4 Å². The maximum atomic E-state index is 13.4. The summed E-state index contributed by atoms with van der Waals surface area (Å²) in [5.41, 5.74) is 9.39. The molecule has 0 fully saturated rings. The highest BCUT2D eigenvalue weighted by molar-refractivity contribution is 7.90. The fourth-order valence-corrected chi connectivity index (χ4v) is 6.45. The Labute approximate surface area is 248 Å². The number of ether oxygens (including phenoxy) is 3. The van der Waals surface area contributed by atoms with E-state index in [2.05, 4.69) is 15.0 Å². The van der Waals surface area contributed by atoms with Gasteiger partial charge in [0, 0.05) is 6.54 Å². The summed E-state index contributed by atoms with van der Waals surface area (Å²) in [6, 6.07) is 8.28. The van der Waals surface area contributed by atoms with Crippen molar-refractivity contribution in [2.24, 2.45) is 10.7 Å². The molecule has 1 aliphatic rings. The molecule has 12 heteroatoms. The molecule has 1 amide bonds. The number of sulfonamides is 1. The molecule has 4 N–H and O–H groups in total. The van der Waals surface area contributed by atoms with Gasteiger partial charge in [0.15, 0.2) is 0 Å². The van der Waals surface area contributed by atoms with Gasteiger partial charge in [-0.15, -0.1) is 0 Å². The number of carbonyl (C=O) groups is 2. The first-order chi connectivity index (χ1) is 19.8. The van der Waals surface area contributed by atoms with Gasteiger partial charge in [-0.3, -0.25) is 4.99 Å². The van der Waals surface area contributed by atoms with Crippen molar-refractivity contribution in [2.45, 2.75) is 89.9 Å². The van der Waals surface area contributed by atoms with E-state index in [1.165, 1.54) is 7.11 Å². The number of methoxy groups -OCH3 is 1. The summed E-state index contributed by atoms with van der Waals surface area (Å²) in [7, 11) is -2.76. The van der Waals surface area contributed by atoms with Gasteiger partial charge in [0.1, 0.15) is 24.0 Å². The number of fused-ring (bicyclic) bond motifs is 1. The molecule has 230 valence electrons. The summed E-state index contributed by atoms with van der Waals surface area (Å²) < 4.78 is 45.3. The number of unbranched alkanes of at least 4 members (excludes halogenated alkanes) is 1. The molecule has 2 aromatic carbocycles. The third kappa shape index (κ3) is 8.37. The standard InChI is InChI=1S/C30H42N4O7S/c1-19-20(2)26(21(3)23-15-16-30(4,5)41-25(19)23)42(37,38)34-28(31)32-17-11-10-14-24(27(35)39-6)33-29(36)40-18-22-12-8-7-9-13-22/h7-9,12-13,24H,10-11,14-18H2,1-6H3,(H,33,36)(H3,31,32,34)/t24-/m0/s1. The predicted molar refractivity (Wildman–Crippen MR) is 160 cm³/mol. The Morgan fingerprint density at radius 1 is 1.10 bits per heavy atom. The SMILES string of the molecule is COC(=O)[C@H](CCCCN=C(N)NS(=O)(=O)c1c(C)c(C)c2c(c1C)CCC(C)(C)O2)NC(=O)OCc1ccccc1. The topological polar surface area (TPSA) is 158 Å². The van der Waals surface area contributed by atoms with Crippen LogP contribution in [0.3, 0.4) is 0 Å². The first kappa shape index (κ1) is 32.7. The second kappa shape index (κ2) is 13.9. The van der Waals surface area contributed by atoms with E-state index in [9.17, 15) is 18.0 Å². The van der Waals surface area contributed by atoms with E-state index in [1.54, 1.807) is 13.8 Å². The third-order valence-electron chi connectivity index (χ3n) is 7.35. The maximum absolute atomic E-state index is 13.4. The van der Waals surface area contributed by atoms with Crippen molar-refractivity contribution < 1.29 is 32.2 Å². The number of esters is 1. The zero-order valence-corrected chi connectivity index (χ0v) is 26.0. The summed E-state index contributed by atoms with van der Waals surface area (Å²) in [4.78, 5) is 28.7. The lowest BCUT2D eigenvalue weighted by Crippen LogP contribution is -2.41. The molecular weight excluding hydrogens is 560 g/mol. The molecule has 0 saturated heterocycles. The van der Waals surface area contributed by atoms with Crippen LogP contribution in [0.15, 0.2) is 40.2 Å². The molecule has 42 heavy (non-hydrogen) atoms. The number of rotatable bonds is 11. The van der Waals surface area contributed by atoms with Crippen LogP contribution >= 0.6 is 0 Å². The minimum atomic E-state index is -4.00. The van der Waals surface area contributed by atoms with Gasteiger partial charge >= 0.3 is 12.1 Å². The number of nitrogens with one attached hydrogen (secondary N) is 2. The molecule has 0 saturated carbocycles. The smallest absolute Gasteiger partial charge is 0.408 e. The molecule has 0 aromatic heterocycles. The minimum absolute atomic E-state index is 0.0699. The Kier molecular flexibility index (Phi) is 10.8. The first-order valence-electron chi connectivity index (χ1n) is 13.9. The fourth-order valence-electron chi connectivity index (χ4n) is 4.93. The van der Waals surface area contributed by atoms with Crippen molar-refractivity contribution in [3.8, 4) is 5.75 Å². The summed E-state index contributed by atoms with van der Waals surface area (Å²) in [6.45, 7) is 9.75. The maximum Gasteiger partial charge on any atom is 0.408 e. The predicted octanol–water partition coefficient (Wildman–Crippen LogP) is 3.95. The molecule has 0 unspecified atom stereocenters. The van der Waals surface area contributed by atoms with Gasteiger partial charge in [0.25, 0.3) is 10.0 Å². The van der Waals surface area contributed by atoms with Crippen molar-refractivity contribution in [1.29, 1.82) is 0 Å². The van der Waals surface area contributed by atoms with E-state index < -0.39 is 28.1 Å². The van der Waals surface area contributed by atoms with E-state index in [1.807, 2.05) is 51.1 Å². The lowest BCUT2D eigenvalue weighted by atomic mass is 9.88. The summed E-state index contributed by atoms with van der Waals surface area (Å²) >= 11 is 0. The molecular formula is C30H42N4O7S. The second-order valence-corrected chi connectivity index (χ2v) is 12.6. The van der Waals surface area contributed by atoms with Gasteiger partial charge in [-0.1, -0.05) is 30.3 Å². The van der Waals surface area contributed by atoms with Gasteiger partial charge in [0.05, 0.1) is 12.0 Å². The van der Waals surface area contributed by atoms with Gasteiger partial charge in [-0.25, -0.2) is 22.7 Å². The Hall–Kier alpha value is -3.80. The van der Waals surface area contributed by atoms with Crippen LogP contribution in [0, 0.1) is 20.8 Å². The van der Waals surface area contributed by atoms with Crippen molar-refractivity contribution in [3.63, 3.8) is 0 Å². The summed E-state index contributed by atoms with van der Waals surface area (Å²) in [5.74, 6) is -0.0674. The number of alkyl carbamates (subject to hydrolysis) is 1. The molecule has 1 heterocycles. The molecule has 0 bridgehead atoms. The van der Waals surface area contributed by atoms with Crippen molar-refractivity contribution >= 4 is 28.0 Å². The van der Waals surface area contributed by atoms with E-state index in [-0.39, 0.29) is 36.0 Å². The summed E-state index contributed by atoms with van der Waals surface area (Å²) in [6.07, 6.45) is 2.01. The number of benzene rings is 2. The molecule has 1 aliphatic heterocycles.